The van der Waals surface area contributed by atoms with Crippen LogP contribution in [-0.4, -0.2) is 80.1 Å². The fourth-order valence-electron chi connectivity index (χ4n) is 4.00. The van der Waals surface area contributed by atoms with Crippen molar-refractivity contribution in [1.82, 2.24) is 20.0 Å². The number of nitrogens with zero attached hydrogens (tertiary/aromatic N) is 3. The van der Waals surface area contributed by atoms with Gasteiger partial charge in [-0.25, -0.2) is 9.59 Å². The van der Waals surface area contributed by atoms with Crippen molar-refractivity contribution in [3.8, 4) is 0 Å². The van der Waals surface area contributed by atoms with Gasteiger partial charge in [0.05, 0.1) is 18.2 Å². The van der Waals surface area contributed by atoms with Crippen molar-refractivity contribution in [2.75, 3.05) is 53.4 Å². The van der Waals surface area contributed by atoms with Gasteiger partial charge in [-0.05, 0) is 38.9 Å². The summed E-state index contributed by atoms with van der Waals surface area (Å²) in [5.41, 5.74) is 4.36. The normalized spacial score (nSPS) is 21.3. The van der Waals surface area contributed by atoms with Gasteiger partial charge in [-0.3, -0.25) is 9.80 Å². The Balaban J connectivity index is 2.05. The first-order valence-electron chi connectivity index (χ1n) is 10.2. The third-order valence-corrected chi connectivity index (χ3v) is 5.78. The molecule has 2 amide bonds. The average molecular weight is 401 g/mol. The van der Waals surface area contributed by atoms with Crippen molar-refractivity contribution in [3.63, 3.8) is 0 Å². The fourth-order valence-corrected chi connectivity index (χ4v) is 4.00. The Hall–Kier alpha value is -2.38. The summed E-state index contributed by atoms with van der Waals surface area (Å²) in [6.07, 6.45) is 0. The van der Waals surface area contributed by atoms with Gasteiger partial charge in [-0.1, -0.05) is 23.8 Å². The van der Waals surface area contributed by atoms with Gasteiger partial charge in [-0.15, -0.1) is 0 Å². The van der Waals surface area contributed by atoms with Gasteiger partial charge in [0.2, 0.25) is 0 Å². The van der Waals surface area contributed by atoms with E-state index in [4.69, 9.17) is 4.74 Å². The molecule has 7 nitrogen and oxygen atoms in total. The first kappa shape index (κ1) is 21.3. The summed E-state index contributed by atoms with van der Waals surface area (Å²) in [5, 5.41) is 3.01. The molecule has 158 valence electrons. The largest absolute Gasteiger partial charge is 0.463 e. The maximum atomic E-state index is 13.0. The molecule has 1 aromatic rings. The number of piperazine rings is 1. The van der Waals surface area contributed by atoms with Gasteiger partial charge >= 0.3 is 12.0 Å². The first-order chi connectivity index (χ1) is 13.8. The average Bonchev–Trinajstić information content (AvgIpc) is 2.67. The van der Waals surface area contributed by atoms with Crippen LogP contribution in [0.25, 0.3) is 0 Å². The Bertz CT molecular complexity index is 812. The maximum absolute atomic E-state index is 13.0. The molecule has 1 saturated heterocycles. The molecule has 1 aromatic carbocycles. The van der Waals surface area contributed by atoms with E-state index < -0.39 is 6.04 Å². The number of nitrogens with one attached hydrogen (secondary N) is 1. The number of amides is 2. The van der Waals surface area contributed by atoms with Crippen LogP contribution in [0, 0.1) is 13.8 Å². The molecule has 1 unspecified atom stereocenters. The highest BCUT2D eigenvalue weighted by Crippen LogP contribution is 2.33. The highest BCUT2D eigenvalue weighted by molar-refractivity contribution is 5.95. The lowest BCUT2D eigenvalue weighted by Crippen LogP contribution is -2.51. The number of benzene rings is 1. The number of hydrogen-bond acceptors (Lipinski definition) is 5. The molecule has 1 fully saturated rings. The predicted molar refractivity (Wildman–Crippen MR) is 113 cm³/mol. The van der Waals surface area contributed by atoms with Gasteiger partial charge in [0.1, 0.15) is 0 Å². The number of likely N-dealkylation sites (N-methyl/N-ethyl adjacent to an activating group) is 2. The zero-order chi connectivity index (χ0) is 21.1. The van der Waals surface area contributed by atoms with Gasteiger partial charge in [0, 0.05) is 45.5 Å². The van der Waals surface area contributed by atoms with Crippen molar-refractivity contribution in [2.24, 2.45) is 0 Å². The SMILES string of the molecule is CCOC(=O)C1=C(CN2CCN(C)CC2)N(C)C(=O)NC1c1ccc(C)cc1C. The Labute approximate surface area is 173 Å². The van der Waals surface area contributed by atoms with Crippen LogP contribution in [0.2, 0.25) is 0 Å². The van der Waals surface area contributed by atoms with Crippen molar-refractivity contribution >= 4 is 12.0 Å². The second-order valence-electron chi connectivity index (χ2n) is 7.96. The lowest BCUT2D eigenvalue weighted by molar-refractivity contribution is -0.139. The molecule has 2 aliphatic rings. The van der Waals surface area contributed by atoms with E-state index in [0.717, 1.165) is 48.6 Å². The zero-order valence-electron chi connectivity index (χ0n) is 18.1. The van der Waals surface area contributed by atoms with Crippen LogP contribution in [0.5, 0.6) is 0 Å². The summed E-state index contributed by atoms with van der Waals surface area (Å²) in [5.74, 6) is -0.367. The van der Waals surface area contributed by atoms with E-state index in [2.05, 4.69) is 28.2 Å². The number of ether oxygens (including phenoxy) is 1. The molecule has 1 atom stereocenters. The van der Waals surface area contributed by atoms with Crippen LogP contribution in [0.1, 0.15) is 29.7 Å². The Morgan fingerprint density at radius 1 is 1.17 bits per heavy atom. The van der Waals surface area contributed by atoms with Gasteiger partial charge in [0.15, 0.2) is 0 Å². The van der Waals surface area contributed by atoms with Gasteiger partial charge in [-0.2, -0.15) is 0 Å². The minimum Gasteiger partial charge on any atom is -0.463 e. The maximum Gasteiger partial charge on any atom is 0.338 e. The third kappa shape index (κ3) is 4.62. The topological polar surface area (TPSA) is 65.1 Å². The molecule has 0 spiro atoms. The molecule has 0 radical (unpaired) electrons. The molecule has 7 heteroatoms. The number of rotatable bonds is 5. The third-order valence-electron chi connectivity index (χ3n) is 5.78. The Morgan fingerprint density at radius 3 is 2.48 bits per heavy atom. The minimum absolute atomic E-state index is 0.202. The van der Waals surface area contributed by atoms with E-state index in [1.54, 1.807) is 18.9 Å². The molecular formula is C22H32N4O3. The number of aryl methyl sites for hydroxylation is 2. The summed E-state index contributed by atoms with van der Waals surface area (Å²) < 4.78 is 5.42. The highest BCUT2D eigenvalue weighted by atomic mass is 16.5. The molecule has 2 heterocycles. The molecule has 1 N–H and O–H groups in total. The number of hydrogen-bond donors (Lipinski definition) is 1. The molecule has 0 aliphatic carbocycles. The molecule has 0 bridgehead atoms. The van der Waals surface area contributed by atoms with E-state index in [1.165, 1.54) is 0 Å². The molecular weight excluding hydrogens is 368 g/mol. The number of carbonyl (C=O) groups excluding carboxylic acids is 2. The van der Waals surface area contributed by atoms with Gasteiger partial charge < -0.3 is 15.0 Å². The van der Waals surface area contributed by atoms with E-state index in [0.29, 0.717) is 18.7 Å². The van der Waals surface area contributed by atoms with Gasteiger partial charge in [0.25, 0.3) is 0 Å². The summed E-state index contributed by atoms with van der Waals surface area (Å²) in [6, 6.07) is 5.36. The standard InChI is InChI=1S/C22H32N4O3/c1-6-29-21(27)19-18(14-26-11-9-24(4)10-12-26)25(5)22(28)23-20(19)17-8-7-15(2)13-16(17)3/h7-8,13,20H,6,9-12,14H2,1-5H3,(H,23,28). The van der Waals surface area contributed by atoms with Crippen LogP contribution >= 0.6 is 0 Å². The second-order valence-corrected chi connectivity index (χ2v) is 7.96. The quantitative estimate of drug-likeness (QED) is 0.767. The minimum atomic E-state index is -0.513. The summed E-state index contributed by atoms with van der Waals surface area (Å²) >= 11 is 0. The van der Waals surface area contributed by atoms with Crippen molar-refractivity contribution in [2.45, 2.75) is 26.8 Å². The van der Waals surface area contributed by atoms with E-state index in [-0.39, 0.29) is 12.0 Å². The second kappa shape index (κ2) is 8.97. The zero-order valence-corrected chi connectivity index (χ0v) is 18.1. The molecule has 2 aliphatic heterocycles. The lowest BCUT2D eigenvalue weighted by Gasteiger charge is -2.39. The number of urea groups is 1. The van der Waals surface area contributed by atoms with E-state index >= 15 is 0 Å². The molecule has 0 aromatic heterocycles. The van der Waals surface area contributed by atoms with Crippen LogP contribution in [0.15, 0.2) is 29.5 Å². The van der Waals surface area contributed by atoms with E-state index in [9.17, 15) is 9.59 Å². The number of carbonyl (C=O) groups is 2. The van der Waals surface area contributed by atoms with Crippen LogP contribution in [0.3, 0.4) is 0 Å². The molecule has 3 rings (SSSR count). The lowest BCUT2D eigenvalue weighted by atomic mass is 9.90. The molecule has 29 heavy (non-hydrogen) atoms. The number of esters is 1. The Kier molecular flexibility index (Phi) is 6.59. The first-order valence-corrected chi connectivity index (χ1v) is 10.2. The smallest absolute Gasteiger partial charge is 0.338 e. The van der Waals surface area contributed by atoms with Crippen molar-refractivity contribution < 1.29 is 14.3 Å². The monoisotopic (exact) mass is 400 g/mol. The molecule has 0 saturated carbocycles. The van der Waals surface area contributed by atoms with E-state index in [1.807, 2.05) is 26.0 Å². The predicted octanol–water partition coefficient (Wildman–Crippen LogP) is 2.06. The summed E-state index contributed by atoms with van der Waals surface area (Å²) in [6.45, 7) is 10.4. The van der Waals surface area contributed by atoms with Crippen LogP contribution in [0.4, 0.5) is 4.79 Å². The van der Waals surface area contributed by atoms with Crippen molar-refractivity contribution in [1.29, 1.82) is 0 Å². The summed E-state index contributed by atoms with van der Waals surface area (Å²) in [7, 11) is 3.83. The van der Waals surface area contributed by atoms with Crippen LogP contribution < -0.4 is 5.32 Å². The Morgan fingerprint density at radius 2 is 1.86 bits per heavy atom. The van der Waals surface area contributed by atoms with Crippen molar-refractivity contribution in [3.05, 3.63) is 46.2 Å². The van der Waals surface area contributed by atoms with Crippen LogP contribution in [-0.2, 0) is 9.53 Å². The highest BCUT2D eigenvalue weighted by Gasteiger charge is 2.38. The fraction of sp³-hybridized carbons (Fsp3) is 0.545. The summed E-state index contributed by atoms with van der Waals surface area (Å²) in [4.78, 5) is 32.0.